The first kappa shape index (κ1) is 27.0. The van der Waals surface area contributed by atoms with Crippen molar-refractivity contribution in [2.45, 2.75) is 25.2 Å². The molecule has 0 bridgehead atoms. The number of nitrogens with zero attached hydrogens (tertiary/aromatic N) is 3. The van der Waals surface area contributed by atoms with Crippen molar-refractivity contribution in [2.75, 3.05) is 33.9 Å². The summed E-state index contributed by atoms with van der Waals surface area (Å²) in [5.41, 5.74) is 3.02. The number of piperidine rings is 1. The van der Waals surface area contributed by atoms with Gasteiger partial charge in [0.05, 0.1) is 42.3 Å². The molecule has 1 saturated heterocycles. The number of halogens is 1. The summed E-state index contributed by atoms with van der Waals surface area (Å²) in [7, 11) is 3.21. The van der Waals surface area contributed by atoms with E-state index in [4.69, 9.17) is 9.47 Å². The van der Waals surface area contributed by atoms with Crippen LogP contribution in [0.25, 0.3) is 5.69 Å². The molecule has 10 nitrogen and oxygen atoms in total. The van der Waals surface area contributed by atoms with Crippen molar-refractivity contribution in [2.24, 2.45) is 0 Å². The Balaban J connectivity index is 0.00000361. The topological polar surface area (TPSA) is 121 Å². The highest BCUT2D eigenvalue weighted by Gasteiger charge is 2.27. The molecule has 0 spiro atoms. The van der Waals surface area contributed by atoms with Gasteiger partial charge in [0, 0.05) is 30.7 Å². The van der Waals surface area contributed by atoms with Crippen LogP contribution in [0.4, 0.5) is 5.69 Å². The number of aromatic nitrogens is 2. The largest absolute Gasteiger partial charge is 0.497 e. The SMILES string of the molecule is COc1ccc(CCNC(=O)c2cnn(-c3ccc([N+](=O)[O-])cc3)c2C2CCNCC2)c(OC)c1.Cl. The van der Waals surface area contributed by atoms with E-state index < -0.39 is 4.92 Å². The summed E-state index contributed by atoms with van der Waals surface area (Å²) in [5.74, 6) is 1.37. The van der Waals surface area contributed by atoms with Gasteiger partial charge >= 0.3 is 0 Å². The average molecular weight is 516 g/mol. The van der Waals surface area contributed by atoms with Crippen molar-refractivity contribution in [3.63, 3.8) is 0 Å². The number of benzene rings is 2. The molecule has 3 aromatic rings. The van der Waals surface area contributed by atoms with Gasteiger partial charge in [-0.1, -0.05) is 6.07 Å². The molecule has 36 heavy (non-hydrogen) atoms. The molecule has 4 rings (SSSR count). The quantitative estimate of drug-likeness (QED) is 0.329. The van der Waals surface area contributed by atoms with E-state index in [1.54, 1.807) is 37.2 Å². The van der Waals surface area contributed by atoms with Gasteiger partial charge in [-0.25, -0.2) is 4.68 Å². The highest BCUT2D eigenvalue weighted by atomic mass is 35.5. The van der Waals surface area contributed by atoms with E-state index in [-0.39, 0.29) is 29.9 Å². The third-order valence-corrected chi connectivity index (χ3v) is 6.26. The number of carbonyl (C=O) groups excluding carboxylic acids is 1. The van der Waals surface area contributed by atoms with Gasteiger partial charge in [0.1, 0.15) is 11.5 Å². The zero-order valence-electron chi connectivity index (χ0n) is 20.2. The highest BCUT2D eigenvalue weighted by Crippen LogP contribution is 2.31. The van der Waals surface area contributed by atoms with Crippen LogP contribution >= 0.6 is 12.4 Å². The lowest BCUT2D eigenvalue weighted by Gasteiger charge is -2.24. The van der Waals surface area contributed by atoms with Crippen molar-refractivity contribution < 1.29 is 19.2 Å². The van der Waals surface area contributed by atoms with Crippen LogP contribution in [0.5, 0.6) is 11.5 Å². The maximum absolute atomic E-state index is 13.2. The number of rotatable bonds is 9. The second-order valence-corrected chi connectivity index (χ2v) is 8.34. The van der Waals surface area contributed by atoms with Gasteiger partial charge in [-0.15, -0.1) is 12.4 Å². The second-order valence-electron chi connectivity index (χ2n) is 8.34. The number of nitrogens with one attached hydrogen (secondary N) is 2. The molecule has 11 heteroatoms. The third-order valence-electron chi connectivity index (χ3n) is 6.26. The van der Waals surface area contributed by atoms with E-state index in [1.165, 1.54) is 12.1 Å². The Morgan fingerprint density at radius 3 is 2.53 bits per heavy atom. The van der Waals surface area contributed by atoms with Crippen molar-refractivity contribution in [1.82, 2.24) is 20.4 Å². The summed E-state index contributed by atoms with van der Waals surface area (Å²) < 4.78 is 12.4. The van der Waals surface area contributed by atoms with Crippen LogP contribution < -0.4 is 20.1 Å². The fourth-order valence-corrected chi connectivity index (χ4v) is 4.41. The lowest BCUT2D eigenvalue weighted by Crippen LogP contribution is -2.31. The molecule has 0 atom stereocenters. The molecule has 2 aromatic carbocycles. The van der Waals surface area contributed by atoms with Gasteiger partial charge in [0.25, 0.3) is 11.6 Å². The maximum atomic E-state index is 13.2. The van der Waals surface area contributed by atoms with Gasteiger partial charge in [0.2, 0.25) is 0 Å². The summed E-state index contributed by atoms with van der Waals surface area (Å²) in [5, 5.41) is 21.9. The minimum atomic E-state index is -0.433. The van der Waals surface area contributed by atoms with E-state index in [2.05, 4.69) is 15.7 Å². The Hall–Kier alpha value is -3.63. The Kier molecular flexibility index (Phi) is 9.26. The molecule has 0 saturated carbocycles. The molecule has 0 aliphatic carbocycles. The minimum Gasteiger partial charge on any atom is -0.497 e. The number of methoxy groups -OCH3 is 2. The molecule has 0 unspecified atom stereocenters. The standard InChI is InChI=1S/C25H29N5O5.ClH/c1-34-21-8-3-17(23(15-21)35-2)11-14-27-25(31)22-16-28-29(24(22)18-9-12-26-13-10-18)19-4-6-20(7-5-19)30(32)33;/h3-8,15-16,18,26H,9-14H2,1-2H3,(H,27,31);1H. The van der Waals surface area contributed by atoms with Crippen LogP contribution in [-0.4, -0.2) is 54.5 Å². The van der Waals surface area contributed by atoms with Crippen LogP contribution in [-0.2, 0) is 6.42 Å². The number of nitro groups is 1. The fourth-order valence-electron chi connectivity index (χ4n) is 4.41. The van der Waals surface area contributed by atoms with Crippen molar-refractivity contribution in [3.8, 4) is 17.2 Å². The average Bonchev–Trinajstić information content (AvgIpc) is 3.34. The molecule has 0 radical (unpaired) electrons. The van der Waals surface area contributed by atoms with Crippen LogP contribution in [0.15, 0.2) is 48.7 Å². The number of hydrogen-bond donors (Lipinski definition) is 2. The molecule has 2 heterocycles. The van der Waals surface area contributed by atoms with Crippen LogP contribution in [0, 0.1) is 10.1 Å². The van der Waals surface area contributed by atoms with E-state index in [0.717, 1.165) is 37.2 Å². The van der Waals surface area contributed by atoms with Crippen molar-refractivity contribution >= 4 is 24.0 Å². The highest BCUT2D eigenvalue weighted by molar-refractivity contribution is 5.95. The van der Waals surface area contributed by atoms with Crippen LogP contribution in [0.2, 0.25) is 0 Å². The van der Waals surface area contributed by atoms with E-state index in [9.17, 15) is 14.9 Å². The number of amides is 1. The second kappa shape index (κ2) is 12.4. The summed E-state index contributed by atoms with van der Waals surface area (Å²) >= 11 is 0. The predicted molar refractivity (Wildman–Crippen MR) is 138 cm³/mol. The first-order chi connectivity index (χ1) is 17.0. The summed E-state index contributed by atoms with van der Waals surface area (Å²) in [4.78, 5) is 23.8. The Morgan fingerprint density at radius 2 is 1.89 bits per heavy atom. The summed E-state index contributed by atoms with van der Waals surface area (Å²) in [6, 6.07) is 11.8. The fraction of sp³-hybridized carbons (Fsp3) is 0.360. The van der Waals surface area contributed by atoms with E-state index in [1.807, 2.05) is 18.2 Å². The van der Waals surface area contributed by atoms with E-state index >= 15 is 0 Å². The number of ether oxygens (including phenoxy) is 2. The monoisotopic (exact) mass is 515 g/mol. The van der Waals surface area contributed by atoms with Gasteiger partial charge in [0.15, 0.2) is 0 Å². The molecule has 1 aliphatic rings. The summed E-state index contributed by atoms with van der Waals surface area (Å²) in [6.07, 6.45) is 3.93. The third kappa shape index (κ3) is 5.95. The van der Waals surface area contributed by atoms with Gasteiger partial charge < -0.3 is 20.1 Å². The Bertz CT molecular complexity index is 1190. The van der Waals surface area contributed by atoms with E-state index in [0.29, 0.717) is 35.7 Å². The van der Waals surface area contributed by atoms with Crippen molar-refractivity contribution in [3.05, 3.63) is 75.6 Å². The number of hydrogen-bond acceptors (Lipinski definition) is 7. The van der Waals surface area contributed by atoms with Gasteiger partial charge in [-0.3, -0.25) is 14.9 Å². The molecule has 1 aliphatic heterocycles. The minimum absolute atomic E-state index is 0. The Labute approximate surface area is 215 Å². The maximum Gasteiger partial charge on any atom is 0.269 e. The van der Waals surface area contributed by atoms with Crippen LogP contribution in [0.1, 0.15) is 40.4 Å². The summed E-state index contributed by atoms with van der Waals surface area (Å²) in [6.45, 7) is 2.14. The van der Waals surface area contributed by atoms with Gasteiger partial charge in [-0.05, 0) is 56.1 Å². The lowest BCUT2D eigenvalue weighted by molar-refractivity contribution is -0.384. The van der Waals surface area contributed by atoms with Gasteiger partial charge in [-0.2, -0.15) is 5.10 Å². The Morgan fingerprint density at radius 1 is 1.17 bits per heavy atom. The number of carbonyl (C=O) groups is 1. The molecule has 2 N–H and O–H groups in total. The predicted octanol–water partition coefficient (Wildman–Crippen LogP) is 3.66. The first-order valence-electron chi connectivity index (χ1n) is 11.5. The molecular formula is C25H30ClN5O5. The zero-order valence-corrected chi connectivity index (χ0v) is 21.0. The van der Waals surface area contributed by atoms with Crippen molar-refractivity contribution in [1.29, 1.82) is 0 Å². The molecule has 1 aromatic heterocycles. The number of nitro benzene ring substituents is 1. The normalized spacial score (nSPS) is 13.5. The molecular weight excluding hydrogens is 486 g/mol. The van der Waals surface area contributed by atoms with Crippen LogP contribution in [0.3, 0.4) is 0 Å². The smallest absolute Gasteiger partial charge is 0.269 e. The molecule has 1 fully saturated rings. The lowest BCUT2D eigenvalue weighted by atomic mass is 9.91. The zero-order chi connectivity index (χ0) is 24.8. The molecule has 192 valence electrons. The number of non-ortho nitro benzene ring substituents is 1. The molecule has 1 amide bonds. The first-order valence-corrected chi connectivity index (χ1v) is 11.5.